The lowest BCUT2D eigenvalue weighted by Gasteiger charge is -2.17. The van der Waals surface area contributed by atoms with Crippen LogP contribution >= 0.6 is 15.9 Å². The lowest BCUT2D eigenvalue weighted by atomic mass is 10.2. The summed E-state index contributed by atoms with van der Waals surface area (Å²) in [5, 5.41) is 8.46. The molecule has 2 rings (SSSR count). The molecule has 0 unspecified atom stereocenters. The van der Waals surface area contributed by atoms with Gasteiger partial charge in [0.05, 0.1) is 34.2 Å². The van der Waals surface area contributed by atoms with Crippen molar-refractivity contribution in [2.24, 2.45) is 7.05 Å². The first-order chi connectivity index (χ1) is 9.43. The number of carbonyl (C=O) groups excluding carboxylic acids is 1. The number of rotatable bonds is 4. The van der Waals surface area contributed by atoms with Crippen LogP contribution in [0.2, 0.25) is 0 Å². The predicted molar refractivity (Wildman–Crippen MR) is 79.3 cm³/mol. The average molecular weight is 340 g/mol. The minimum atomic E-state index is -0.0358. The molecule has 0 spiro atoms. The molecule has 108 valence electrons. The maximum atomic E-state index is 12.4. The van der Waals surface area contributed by atoms with Crippen LogP contribution in [-0.2, 0) is 20.1 Å². The second-order valence-corrected chi connectivity index (χ2v) is 5.57. The molecule has 2 heterocycles. The van der Waals surface area contributed by atoms with E-state index in [-0.39, 0.29) is 5.91 Å². The monoisotopic (exact) mass is 339 g/mol. The molecule has 0 saturated carbocycles. The van der Waals surface area contributed by atoms with Crippen molar-refractivity contribution in [3.63, 3.8) is 0 Å². The minimum absolute atomic E-state index is 0.0358. The Bertz CT molecular complexity index is 631. The minimum Gasteiger partial charge on any atom is -0.336 e. The third-order valence-corrected chi connectivity index (χ3v) is 3.84. The van der Waals surface area contributed by atoms with Crippen LogP contribution in [0.3, 0.4) is 0 Å². The number of carbonyl (C=O) groups is 1. The first-order valence-electron chi connectivity index (χ1n) is 6.40. The number of hydrogen-bond acceptors (Lipinski definition) is 3. The van der Waals surface area contributed by atoms with Gasteiger partial charge in [-0.1, -0.05) is 0 Å². The molecule has 6 nitrogen and oxygen atoms in total. The Hall–Kier alpha value is -1.63. The van der Waals surface area contributed by atoms with Crippen molar-refractivity contribution in [1.82, 2.24) is 24.5 Å². The van der Waals surface area contributed by atoms with Crippen LogP contribution in [0.5, 0.6) is 0 Å². The van der Waals surface area contributed by atoms with Crippen molar-refractivity contribution in [2.45, 2.75) is 26.9 Å². The summed E-state index contributed by atoms with van der Waals surface area (Å²) in [6, 6.07) is 0. The molecule has 2 aromatic rings. The third kappa shape index (κ3) is 2.77. The molecule has 0 saturated heterocycles. The molecule has 20 heavy (non-hydrogen) atoms. The van der Waals surface area contributed by atoms with Crippen LogP contribution in [0.4, 0.5) is 0 Å². The van der Waals surface area contributed by atoms with E-state index >= 15 is 0 Å². The largest absolute Gasteiger partial charge is 0.336 e. The van der Waals surface area contributed by atoms with Crippen molar-refractivity contribution in [1.29, 1.82) is 0 Å². The highest BCUT2D eigenvalue weighted by atomic mass is 79.9. The van der Waals surface area contributed by atoms with Crippen LogP contribution < -0.4 is 0 Å². The van der Waals surface area contributed by atoms with Gasteiger partial charge in [0.1, 0.15) is 0 Å². The van der Waals surface area contributed by atoms with Crippen molar-refractivity contribution in [3.8, 4) is 0 Å². The number of amides is 1. The van der Waals surface area contributed by atoms with Gasteiger partial charge in [0.15, 0.2) is 0 Å². The molecule has 0 radical (unpaired) electrons. The summed E-state index contributed by atoms with van der Waals surface area (Å²) in [5.74, 6) is -0.0358. The molecule has 0 atom stereocenters. The Kier molecular flexibility index (Phi) is 4.27. The van der Waals surface area contributed by atoms with E-state index in [4.69, 9.17) is 0 Å². The van der Waals surface area contributed by atoms with Crippen molar-refractivity contribution < 1.29 is 4.79 Å². The Balaban J connectivity index is 2.19. The highest BCUT2D eigenvalue weighted by Crippen LogP contribution is 2.19. The van der Waals surface area contributed by atoms with E-state index in [1.54, 1.807) is 29.0 Å². The highest BCUT2D eigenvalue weighted by Gasteiger charge is 2.19. The summed E-state index contributed by atoms with van der Waals surface area (Å²) >= 11 is 3.47. The Labute approximate surface area is 126 Å². The van der Waals surface area contributed by atoms with Crippen molar-refractivity contribution in [3.05, 3.63) is 33.8 Å². The first kappa shape index (κ1) is 14.8. The quantitative estimate of drug-likeness (QED) is 0.855. The molecule has 0 aliphatic rings. The zero-order valence-electron chi connectivity index (χ0n) is 12.1. The topological polar surface area (TPSA) is 56.0 Å². The number of halogens is 1. The fourth-order valence-electron chi connectivity index (χ4n) is 2.13. The fourth-order valence-corrected chi connectivity index (χ4v) is 2.55. The van der Waals surface area contributed by atoms with Gasteiger partial charge >= 0.3 is 0 Å². The standard InChI is InChI=1S/C13H18BrN5O/c1-5-19-12(11(14)6-15-19)8-17(3)13(20)10-7-18(4)16-9(10)2/h6-7H,5,8H2,1-4H3. The fraction of sp³-hybridized carbons (Fsp3) is 0.462. The summed E-state index contributed by atoms with van der Waals surface area (Å²) in [5.41, 5.74) is 2.37. The maximum absolute atomic E-state index is 12.4. The van der Waals surface area contributed by atoms with E-state index in [1.165, 1.54) is 0 Å². The Morgan fingerprint density at radius 3 is 2.75 bits per heavy atom. The van der Waals surface area contributed by atoms with Gasteiger partial charge in [0, 0.05) is 26.8 Å². The van der Waals surface area contributed by atoms with Gasteiger partial charge in [-0.05, 0) is 29.8 Å². The summed E-state index contributed by atoms with van der Waals surface area (Å²) in [6.07, 6.45) is 3.51. The third-order valence-electron chi connectivity index (χ3n) is 3.17. The molecule has 0 aliphatic heterocycles. The van der Waals surface area contributed by atoms with Gasteiger partial charge in [0.2, 0.25) is 0 Å². The van der Waals surface area contributed by atoms with Gasteiger partial charge in [-0.2, -0.15) is 10.2 Å². The Morgan fingerprint density at radius 1 is 1.50 bits per heavy atom. The van der Waals surface area contributed by atoms with Gasteiger partial charge in [0.25, 0.3) is 5.91 Å². The maximum Gasteiger partial charge on any atom is 0.257 e. The van der Waals surface area contributed by atoms with E-state index in [0.29, 0.717) is 12.1 Å². The molecule has 7 heteroatoms. The summed E-state index contributed by atoms with van der Waals surface area (Å²) in [6.45, 7) is 5.14. The molecular weight excluding hydrogens is 322 g/mol. The van der Waals surface area contributed by atoms with Crippen LogP contribution in [0.1, 0.15) is 28.7 Å². The SMILES string of the molecule is CCn1ncc(Br)c1CN(C)C(=O)c1cn(C)nc1C. The van der Waals surface area contributed by atoms with Crippen LogP contribution in [-0.4, -0.2) is 37.4 Å². The molecule has 0 fully saturated rings. The van der Waals surface area contributed by atoms with E-state index in [1.807, 2.05) is 25.6 Å². The number of hydrogen-bond donors (Lipinski definition) is 0. The van der Waals surface area contributed by atoms with Gasteiger partial charge in [-0.3, -0.25) is 14.2 Å². The van der Waals surface area contributed by atoms with E-state index in [9.17, 15) is 4.79 Å². The predicted octanol–water partition coefficient (Wildman–Crippen LogP) is 1.98. The first-order valence-corrected chi connectivity index (χ1v) is 7.19. The van der Waals surface area contributed by atoms with Crippen LogP contribution in [0.15, 0.2) is 16.9 Å². The molecule has 0 aliphatic carbocycles. The van der Waals surface area contributed by atoms with Crippen LogP contribution in [0.25, 0.3) is 0 Å². The molecule has 0 N–H and O–H groups in total. The number of aromatic nitrogens is 4. The number of aryl methyl sites for hydroxylation is 3. The lowest BCUT2D eigenvalue weighted by molar-refractivity contribution is 0.0780. The normalized spacial score (nSPS) is 10.8. The molecule has 0 bridgehead atoms. The molecule has 2 aromatic heterocycles. The average Bonchev–Trinajstić information content (AvgIpc) is 2.92. The smallest absolute Gasteiger partial charge is 0.257 e. The van der Waals surface area contributed by atoms with Gasteiger partial charge in [-0.25, -0.2) is 0 Å². The van der Waals surface area contributed by atoms with E-state index in [2.05, 4.69) is 26.1 Å². The molecule has 0 aromatic carbocycles. The number of nitrogens with zero attached hydrogens (tertiary/aromatic N) is 5. The van der Waals surface area contributed by atoms with Crippen molar-refractivity contribution >= 4 is 21.8 Å². The summed E-state index contributed by atoms with van der Waals surface area (Å²) in [4.78, 5) is 14.1. The Morgan fingerprint density at radius 2 is 2.20 bits per heavy atom. The zero-order valence-corrected chi connectivity index (χ0v) is 13.7. The van der Waals surface area contributed by atoms with Gasteiger partial charge < -0.3 is 4.90 Å². The van der Waals surface area contributed by atoms with E-state index in [0.717, 1.165) is 22.4 Å². The zero-order chi connectivity index (χ0) is 14.9. The van der Waals surface area contributed by atoms with Crippen molar-refractivity contribution in [2.75, 3.05) is 7.05 Å². The van der Waals surface area contributed by atoms with Crippen LogP contribution in [0, 0.1) is 6.92 Å². The summed E-state index contributed by atoms with van der Waals surface area (Å²) < 4.78 is 4.45. The summed E-state index contributed by atoms with van der Waals surface area (Å²) in [7, 11) is 3.60. The second-order valence-electron chi connectivity index (χ2n) is 4.72. The second kappa shape index (κ2) is 5.78. The lowest BCUT2D eigenvalue weighted by Crippen LogP contribution is -2.28. The molecule has 1 amide bonds. The highest BCUT2D eigenvalue weighted by molar-refractivity contribution is 9.10. The van der Waals surface area contributed by atoms with Gasteiger partial charge in [-0.15, -0.1) is 0 Å². The molecular formula is C13H18BrN5O. The van der Waals surface area contributed by atoms with E-state index < -0.39 is 0 Å².